The van der Waals surface area contributed by atoms with Crippen LogP contribution in [0.3, 0.4) is 0 Å². The van der Waals surface area contributed by atoms with Crippen LogP contribution in [0.15, 0.2) is 48.6 Å². The van der Waals surface area contributed by atoms with Crippen molar-refractivity contribution in [2.75, 3.05) is 20.1 Å². The first kappa shape index (κ1) is 44.8. The van der Waals surface area contributed by atoms with Crippen molar-refractivity contribution in [1.82, 2.24) is 4.90 Å². The molecule has 1 saturated heterocycles. The Balaban J connectivity index is 2.26. The fraction of sp³-hybridized carbons (Fsp3) is 0.818. The summed E-state index contributed by atoms with van der Waals surface area (Å²) >= 11 is 0. The van der Waals surface area contributed by atoms with Gasteiger partial charge in [-0.15, -0.1) is 0 Å². The van der Waals surface area contributed by atoms with E-state index in [4.69, 9.17) is 10.5 Å². The molecule has 4 heteroatoms. The molecular weight excluding hydrogens is 588 g/mol. The summed E-state index contributed by atoms with van der Waals surface area (Å²) in [4.78, 5) is 2.34. The van der Waals surface area contributed by atoms with Crippen molar-refractivity contribution in [1.29, 1.82) is 0 Å². The number of rotatable bonds is 32. The molecule has 0 bridgehead atoms. The van der Waals surface area contributed by atoms with Crippen LogP contribution in [0.4, 0.5) is 0 Å². The van der Waals surface area contributed by atoms with Gasteiger partial charge in [0.15, 0.2) is 5.79 Å². The lowest BCUT2D eigenvalue weighted by molar-refractivity contribution is -0.243. The maximum atomic E-state index is 11.8. The SMILES string of the molecule is CCCCC/C=C\C/C=C\CCCCCCCCC(O)(CCCCCCCC/C=C\C/C=C\CCCCC)O[C@H]1CCN(C)CC[C@H]1N. The molecule has 0 radical (unpaired) electrons. The summed E-state index contributed by atoms with van der Waals surface area (Å²) in [5.74, 6) is -1.03. The molecular formula is C44H82N2O2. The van der Waals surface area contributed by atoms with Crippen molar-refractivity contribution < 1.29 is 9.84 Å². The van der Waals surface area contributed by atoms with Gasteiger partial charge in [0, 0.05) is 25.4 Å². The second-order valence-electron chi connectivity index (χ2n) is 14.8. The molecule has 0 aromatic carbocycles. The highest BCUT2D eigenvalue weighted by Gasteiger charge is 2.34. The number of unbranched alkanes of at least 4 members (excludes halogenated alkanes) is 18. The van der Waals surface area contributed by atoms with E-state index < -0.39 is 5.79 Å². The first-order valence-electron chi connectivity index (χ1n) is 20.9. The lowest BCUT2D eigenvalue weighted by Gasteiger charge is -2.35. The Morgan fingerprint density at radius 2 is 0.938 bits per heavy atom. The maximum Gasteiger partial charge on any atom is 0.165 e. The summed E-state index contributed by atoms with van der Waals surface area (Å²) < 4.78 is 6.55. The topological polar surface area (TPSA) is 58.7 Å². The quantitative estimate of drug-likeness (QED) is 0.0425. The van der Waals surface area contributed by atoms with Crippen LogP contribution in [-0.2, 0) is 4.74 Å². The number of hydrogen-bond donors (Lipinski definition) is 2. The molecule has 0 spiro atoms. The van der Waals surface area contributed by atoms with E-state index in [1.54, 1.807) is 0 Å². The molecule has 0 aromatic rings. The zero-order valence-corrected chi connectivity index (χ0v) is 32.4. The van der Waals surface area contributed by atoms with Crippen LogP contribution in [0.5, 0.6) is 0 Å². The molecule has 1 aliphatic rings. The number of allylic oxidation sites excluding steroid dienone is 8. The Bertz CT molecular complexity index is 756. The Labute approximate surface area is 300 Å². The van der Waals surface area contributed by atoms with E-state index in [0.717, 1.165) is 64.5 Å². The van der Waals surface area contributed by atoms with Crippen molar-refractivity contribution in [3.8, 4) is 0 Å². The molecule has 1 rings (SSSR count). The number of likely N-dealkylation sites (tertiary alicyclic amines) is 1. The third kappa shape index (κ3) is 27.6. The van der Waals surface area contributed by atoms with Crippen LogP contribution < -0.4 is 5.73 Å². The van der Waals surface area contributed by atoms with E-state index in [1.807, 2.05) is 0 Å². The molecule has 1 heterocycles. The Kier molecular flexibility index (Phi) is 30.8. The van der Waals surface area contributed by atoms with E-state index in [2.05, 4.69) is 74.4 Å². The van der Waals surface area contributed by atoms with Crippen LogP contribution in [0.1, 0.15) is 194 Å². The van der Waals surface area contributed by atoms with Gasteiger partial charge in [-0.05, 0) is 103 Å². The van der Waals surface area contributed by atoms with E-state index in [9.17, 15) is 5.11 Å². The van der Waals surface area contributed by atoms with Gasteiger partial charge in [0.25, 0.3) is 0 Å². The van der Waals surface area contributed by atoms with E-state index in [1.165, 1.54) is 128 Å². The highest BCUT2D eigenvalue weighted by Crippen LogP contribution is 2.29. The minimum atomic E-state index is -1.03. The third-order valence-electron chi connectivity index (χ3n) is 10.0. The second-order valence-corrected chi connectivity index (χ2v) is 14.8. The van der Waals surface area contributed by atoms with Crippen LogP contribution in [-0.4, -0.2) is 48.1 Å². The van der Waals surface area contributed by atoms with E-state index in [-0.39, 0.29) is 12.1 Å². The van der Waals surface area contributed by atoms with E-state index in [0.29, 0.717) is 0 Å². The number of ether oxygens (including phenoxy) is 1. The van der Waals surface area contributed by atoms with Gasteiger partial charge in [-0.1, -0.05) is 140 Å². The molecule has 280 valence electrons. The zero-order valence-electron chi connectivity index (χ0n) is 32.4. The summed E-state index contributed by atoms with van der Waals surface area (Å²) in [6.07, 6.45) is 51.6. The Morgan fingerprint density at radius 3 is 1.38 bits per heavy atom. The van der Waals surface area contributed by atoms with Gasteiger partial charge in [-0.3, -0.25) is 0 Å². The molecule has 0 saturated carbocycles. The number of aliphatic hydroxyl groups is 1. The van der Waals surface area contributed by atoms with Crippen molar-refractivity contribution in [2.45, 2.75) is 212 Å². The molecule has 0 aromatic heterocycles. The predicted octanol–water partition coefficient (Wildman–Crippen LogP) is 12.5. The van der Waals surface area contributed by atoms with Gasteiger partial charge < -0.3 is 20.5 Å². The average Bonchev–Trinajstić information content (AvgIpc) is 3.23. The number of nitrogens with two attached hydrogens (primary N) is 1. The van der Waals surface area contributed by atoms with Crippen molar-refractivity contribution >= 4 is 0 Å². The van der Waals surface area contributed by atoms with Gasteiger partial charge in [-0.2, -0.15) is 0 Å². The summed E-state index contributed by atoms with van der Waals surface area (Å²) in [6, 6.07) is 0.00760. The molecule has 1 fully saturated rings. The highest BCUT2D eigenvalue weighted by molar-refractivity contribution is 4.93. The van der Waals surface area contributed by atoms with Crippen molar-refractivity contribution in [3.05, 3.63) is 48.6 Å². The first-order valence-corrected chi connectivity index (χ1v) is 20.9. The van der Waals surface area contributed by atoms with Crippen LogP contribution in [0.2, 0.25) is 0 Å². The fourth-order valence-corrected chi connectivity index (χ4v) is 6.68. The minimum Gasteiger partial charge on any atom is -0.365 e. The van der Waals surface area contributed by atoms with Gasteiger partial charge in [0.1, 0.15) is 0 Å². The third-order valence-corrected chi connectivity index (χ3v) is 10.0. The largest absolute Gasteiger partial charge is 0.365 e. The van der Waals surface area contributed by atoms with E-state index >= 15 is 0 Å². The van der Waals surface area contributed by atoms with Gasteiger partial charge in [-0.25, -0.2) is 0 Å². The van der Waals surface area contributed by atoms with Crippen LogP contribution in [0.25, 0.3) is 0 Å². The number of hydrogen-bond acceptors (Lipinski definition) is 4. The van der Waals surface area contributed by atoms with Gasteiger partial charge in [0.2, 0.25) is 0 Å². The predicted molar refractivity (Wildman–Crippen MR) is 212 cm³/mol. The number of nitrogens with zero attached hydrogens (tertiary/aromatic N) is 1. The minimum absolute atomic E-state index is 0.00760. The Hall–Kier alpha value is -1.20. The summed E-state index contributed by atoms with van der Waals surface area (Å²) in [5, 5.41) is 11.8. The average molecular weight is 671 g/mol. The highest BCUT2D eigenvalue weighted by atomic mass is 16.6. The molecule has 4 nitrogen and oxygen atoms in total. The monoisotopic (exact) mass is 671 g/mol. The van der Waals surface area contributed by atoms with Crippen LogP contribution >= 0.6 is 0 Å². The molecule has 2 atom stereocenters. The first-order chi connectivity index (χ1) is 23.5. The smallest absolute Gasteiger partial charge is 0.165 e. The normalized spacial score (nSPS) is 18.4. The van der Waals surface area contributed by atoms with Crippen LogP contribution in [0, 0.1) is 0 Å². The van der Waals surface area contributed by atoms with Gasteiger partial charge in [0.05, 0.1) is 6.10 Å². The molecule has 0 unspecified atom stereocenters. The van der Waals surface area contributed by atoms with Crippen molar-refractivity contribution in [3.63, 3.8) is 0 Å². The molecule has 48 heavy (non-hydrogen) atoms. The lowest BCUT2D eigenvalue weighted by atomic mass is 9.97. The Morgan fingerprint density at radius 1 is 0.562 bits per heavy atom. The van der Waals surface area contributed by atoms with Gasteiger partial charge >= 0.3 is 0 Å². The summed E-state index contributed by atoms with van der Waals surface area (Å²) in [5.41, 5.74) is 6.55. The molecule has 0 amide bonds. The summed E-state index contributed by atoms with van der Waals surface area (Å²) in [7, 11) is 2.16. The second kappa shape index (κ2) is 33.0. The lowest BCUT2D eigenvalue weighted by Crippen LogP contribution is -2.45. The standard InChI is InChI=1S/C44H82N2O2/c1-4-6-8-10-12-14-16-18-20-22-24-26-28-30-32-34-38-44(47,48-43-37-41-46(3)40-36-42(43)45)39-35-33-31-29-27-25-23-21-19-17-15-13-11-9-7-5-2/h12-15,18-21,42-43,47H,4-11,16-17,22-41,45H2,1-3H3/b14-12-,15-13-,20-18-,21-19-/t42-,43+/m1/s1. The maximum absolute atomic E-state index is 11.8. The summed E-state index contributed by atoms with van der Waals surface area (Å²) in [6.45, 7) is 6.52. The molecule has 3 N–H and O–H groups in total. The zero-order chi connectivity index (χ0) is 34.8. The van der Waals surface area contributed by atoms with Crippen molar-refractivity contribution in [2.24, 2.45) is 5.73 Å². The molecule has 0 aliphatic carbocycles. The fourth-order valence-electron chi connectivity index (χ4n) is 6.68. The molecule has 1 aliphatic heterocycles.